The minimum Gasteiger partial charge on any atom is -0.475 e. The van der Waals surface area contributed by atoms with Crippen LogP contribution < -0.4 is 14.8 Å². The Balaban J connectivity index is 0.000000529. The maximum Gasteiger partial charge on any atom is 0.275 e. The van der Waals surface area contributed by atoms with Crippen LogP contribution in [0, 0.1) is 11.7 Å². The fraction of sp³-hybridized carbons (Fsp3) is 0.632. The second-order valence-corrected chi connectivity index (χ2v) is 7.26. The third-order valence-electron chi connectivity index (χ3n) is 4.03. The summed E-state index contributed by atoms with van der Waals surface area (Å²) < 4.78 is 30.4. The van der Waals surface area contributed by atoms with Gasteiger partial charge in [0.15, 0.2) is 10.6 Å². The number of nitrogens with zero attached hydrogens (tertiary/aromatic N) is 2. The minimum atomic E-state index is -0.485. The molecule has 0 bridgehead atoms. The molecule has 1 N–H and O–H groups in total. The number of rotatable bonds is 8. The van der Waals surface area contributed by atoms with Gasteiger partial charge in [0.05, 0.1) is 19.3 Å². The molecule has 1 fully saturated rings. The van der Waals surface area contributed by atoms with Crippen LogP contribution in [0.5, 0.6) is 11.1 Å². The topological polar surface area (TPSA) is 82.6 Å². The quantitative estimate of drug-likeness (QED) is 0.706. The van der Waals surface area contributed by atoms with Crippen LogP contribution in [-0.4, -0.2) is 48.3 Å². The summed E-state index contributed by atoms with van der Waals surface area (Å²) in [6, 6.07) is 1.35. The van der Waals surface area contributed by atoms with Gasteiger partial charge >= 0.3 is 0 Å². The molecule has 0 aliphatic heterocycles. The first-order chi connectivity index (χ1) is 13.5. The van der Waals surface area contributed by atoms with Gasteiger partial charge < -0.3 is 19.5 Å². The molecule has 0 aromatic carbocycles. The molecule has 2 aromatic rings. The normalized spacial score (nSPS) is 18.0. The summed E-state index contributed by atoms with van der Waals surface area (Å²) in [5.74, 6) is 0.00646. The number of carbonyl (C=O) groups is 1. The van der Waals surface area contributed by atoms with Crippen molar-refractivity contribution in [3.05, 3.63) is 11.9 Å². The van der Waals surface area contributed by atoms with E-state index in [2.05, 4.69) is 15.3 Å². The van der Waals surface area contributed by atoms with Crippen molar-refractivity contribution in [1.29, 1.82) is 0 Å². The van der Waals surface area contributed by atoms with Gasteiger partial charge in [0, 0.05) is 27.6 Å². The molecule has 0 atom stereocenters. The van der Waals surface area contributed by atoms with Gasteiger partial charge in [-0.2, -0.15) is 4.98 Å². The third kappa shape index (κ3) is 6.56. The number of hydrogen-bond acceptors (Lipinski definition) is 7. The van der Waals surface area contributed by atoms with E-state index in [4.69, 9.17) is 14.2 Å². The number of pyridine rings is 1. The summed E-state index contributed by atoms with van der Waals surface area (Å²) in [6.45, 7) is 9.72. The second-order valence-electron chi connectivity index (χ2n) is 6.32. The molecule has 1 saturated carbocycles. The number of hydrogen-bond donors (Lipinski definition) is 1. The van der Waals surface area contributed by atoms with Crippen LogP contribution in [0.25, 0.3) is 10.3 Å². The van der Waals surface area contributed by atoms with E-state index in [-0.39, 0.29) is 13.2 Å². The van der Waals surface area contributed by atoms with Crippen molar-refractivity contribution in [2.24, 2.45) is 5.92 Å². The molecular formula is C19H30FN3O4S. The summed E-state index contributed by atoms with van der Waals surface area (Å²) in [7, 11) is 0. The van der Waals surface area contributed by atoms with Crippen molar-refractivity contribution in [2.75, 3.05) is 26.4 Å². The lowest BCUT2D eigenvalue weighted by molar-refractivity contribution is -0.118. The maximum absolute atomic E-state index is 14.0. The van der Waals surface area contributed by atoms with Crippen LogP contribution >= 0.6 is 11.3 Å². The van der Waals surface area contributed by atoms with E-state index in [9.17, 15) is 9.18 Å². The predicted molar refractivity (Wildman–Crippen MR) is 109 cm³/mol. The summed E-state index contributed by atoms with van der Waals surface area (Å²) in [6.07, 6.45) is 2.26. The van der Waals surface area contributed by atoms with Crippen LogP contribution in [0.2, 0.25) is 0 Å². The van der Waals surface area contributed by atoms with Gasteiger partial charge in [-0.25, -0.2) is 9.37 Å². The fourth-order valence-corrected chi connectivity index (χ4v) is 3.54. The van der Waals surface area contributed by atoms with Crippen LogP contribution in [0.15, 0.2) is 6.07 Å². The molecule has 7 nitrogen and oxygen atoms in total. The molecule has 0 unspecified atom stereocenters. The highest BCUT2D eigenvalue weighted by molar-refractivity contribution is 7.19. The smallest absolute Gasteiger partial charge is 0.275 e. The maximum atomic E-state index is 14.0. The molecule has 158 valence electrons. The van der Waals surface area contributed by atoms with Gasteiger partial charge in [0.2, 0.25) is 5.91 Å². The average Bonchev–Trinajstić information content (AvgIpc) is 2.98. The lowest BCUT2D eigenvalue weighted by atomic mass is 9.83. The van der Waals surface area contributed by atoms with Crippen molar-refractivity contribution in [3.8, 4) is 11.1 Å². The van der Waals surface area contributed by atoms with Crippen LogP contribution in [0.1, 0.15) is 42.0 Å². The number of thiazole rings is 1. The monoisotopic (exact) mass is 415 g/mol. The molecule has 9 heteroatoms. The first kappa shape index (κ1) is 22.3. The Labute approximate surface area is 170 Å². The minimum absolute atomic E-state index is 0. The SMILES string of the molecule is CCNC(C)=O.CCOc1nc2cc(F)c(OCC3CC(OCC)C3)nc2s1.[HH]. The first-order valence-electron chi connectivity index (χ1n) is 9.55. The summed E-state index contributed by atoms with van der Waals surface area (Å²) in [5.41, 5.74) is 0.498. The largest absolute Gasteiger partial charge is 0.475 e. The van der Waals surface area contributed by atoms with Gasteiger partial charge in [0.25, 0.3) is 11.1 Å². The molecule has 1 aliphatic carbocycles. The Morgan fingerprint density at radius 3 is 2.61 bits per heavy atom. The van der Waals surface area contributed by atoms with Gasteiger partial charge in [-0.1, -0.05) is 11.3 Å². The zero-order valence-electron chi connectivity index (χ0n) is 16.8. The van der Waals surface area contributed by atoms with Crippen molar-refractivity contribution in [2.45, 2.75) is 46.6 Å². The Morgan fingerprint density at radius 2 is 2.04 bits per heavy atom. The number of carbonyl (C=O) groups excluding carboxylic acids is 1. The number of amides is 1. The highest BCUT2D eigenvalue weighted by Crippen LogP contribution is 2.32. The summed E-state index contributed by atoms with van der Waals surface area (Å²) in [4.78, 5) is 18.9. The van der Waals surface area contributed by atoms with Crippen molar-refractivity contribution >= 4 is 27.6 Å². The fourth-order valence-electron chi connectivity index (χ4n) is 2.72. The average molecular weight is 416 g/mol. The van der Waals surface area contributed by atoms with Crippen LogP contribution in [-0.2, 0) is 9.53 Å². The highest BCUT2D eigenvalue weighted by Gasteiger charge is 2.30. The summed E-state index contributed by atoms with van der Waals surface area (Å²) in [5, 5.41) is 3.07. The number of ether oxygens (including phenoxy) is 3. The zero-order chi connectivity index (χ0) is 20.5. The molecule has 2 aromatic heterocycles. The molecule has 3 rings (SSSR count). The first-order valence-corrected chi connectivity index (χ1v) is 10.4. The van der Waals surface area contributed by atoms with E-state index in [0.717, 1.165) is 26.0 Å². The molecule has 1 amide bonds. The predicted octanol–water partition coefficient (Wildman–Crippen LogP) is 3.81. The standard InChI is InChI=1S/C15H19FN2O3S.C4H9NO.H2/c1-3-19-10-5-9(6-10)8-21-13-11(16)7-12-14(18-13)22-15(17-12)20-4-2;1-3-5-4(2)6;/h7,9-10H,3-6,8H2,1-2H3;3H2,1-2H3,(H,5,6);1H. The number of fused-ring (bicyclic) bond motifs is 1. The van der Waals surface area contributed by atoms with Crippen molar-refractivity contribution < 1.29 is 24.8 Å². The Morgan fingerprint density at radius 1 is 1.29 bits per heavy atom. The van der Waals surface area contributed by atoms with Crippen molar-refractivity contribution in [1.82, 2.24) is 15.3 Å². The molecular weight excluding hydrogens is 385 g/mol. The lowest BCUT2D eigenvalue weighted by Gasteiger charge is -2.34. The van der Waals surface area contributed by atoms with E-state index in [1.807, 2.05) is 20.8 Å². The van der Waals surface area contributed by atoms with Gasteiger partial charge in [-0.05, 0) is 39.5 Å². The van der Waals surface area contributed by atoms with Crippen molar-refractivity contribution in [3.63, 3.8) is 0 Å². The van der Waals surface area contributed by atoms with E-state index in [1.165, 1.54) is 24.3 Å². The molecule has 28 heavy (non-hydrogen) atoms. The number of halogens is 1. The zero-order valence-corrected chi connectivity index (χ0v) is 17.6. The van der Waals surface area contributed by atoms with E-state index < -0.39 is 5.82 Å². The number of aromatic nitrogens is 2. The Bertz CT molecular complexity index is 771. The summed E-state index contributed by atoms with van der Waals surface area (Å²) >= 11 is 1.29. The van der Waals surface area contributed by atoms with Crippen LogP contribution in [0.4, 0.5) is 4.39 Å². The Kier molecular flexibility index (Phi) is 8.85. The van der Waals surface area contributed by atoms with E-state index >= 15 is 0 Å². The van der Waals surface area contributed by atoms with E-state index in [0.29, 0.717) is 40.8 Å². The molecule has 2 heterocycles. The van der Waals surface area contributed by atoms with E-state index in [1.54, 1.807) is 0 Å². The van der Waals surface area contributed by atoms with Gasteiger partial charge in [0.1, 0.15) is 5.52 Å². The number of nitrogens with one attached hydrogen (secondary N) is 1. The molecule has 0 radical (unpaired) electrons. The lowest BCUT2D eigenvalue weighted by Crippen LogP contribution is -2.35. The molecule has 0 saturated heterocycles. The second kappa shape index (κ2) is 11.1. The molecule has 0 spiro atoms. The Hall–Kier alpha value is -2.00. The van der Waals surface area contributed by atoms with Gasteiger partial charge in [-0.3, -0.25) is 4.79 Å². The molecule has 1 aliphatic rings. The highest BCUT2D eigenvalue weighted by atomic mass is 32.1. The van der Waals surface area contributed by atoms with Gasteiger partial charge in [-0.15, -0.1) is 0 Å². The van der Waals surface area contributed by atoms with Crippen LogP contribution in [0.3, 0.4) is 0 Å². The third-order valence-corrected chi connectivity index (χ3v) is 4.91.